The Bertz CT molecular complexity index is 308. The summed E-state index contributed by atoms with van der Waals surface area (Å²) < 4.78 is 22.2. The summed E-state index contributed by atoms with van der Waals surface area (Å²) in [5.41, 5.74) is 1.25. The summed E-state index contributed by atoms with van der Waals surface area (Å²) in [5.74, 6) is 0. The summed E-state index contributed by atoms with van der Waals surface area (Å²) in [6, 6.07) is 7.14. The van der Waals surface area contributed by atoms with E-state index in [0.717, 1.165) is 4.47 Å². The predicted molar refractivity (Wildman–Crippen MR) is 50.3 cm³/mol. The minimum atomic E-state index is -2.41. The van der Waals surface area contributed by atoms with Gasteiger partial charge in [0.15, 0.2) is 0 Å². The molecule has 0 amide bonds. The van der Waals surface area contributed by atoms with Crippen molar-refractivity contribution < 1.29 is 8.42 Å². The van der Waals surface area contributed by atoms with Crippen molar-refractivity contribution in [3.63, 3.8) is 0 Å². The summed E-state index contributed by atoms with van der Waals surface area (Å²) in [5, 5.41) is 0. The molecule has 0 radical (unpaired) electrons. The standard InChI is InChI=1S/C8H10O2STe/c1-12-6-7-2-4-8(5-3-7)11(9)10/h2-5,11H,6H2,1H3. The number of thiol groups is 1. The summed E-state index contributed by atoms with van der Waals surface area (Å²) in [7, 11) is -2.41. The van der Waals surface area contributed by atoms with Gasteiger partial charge in [0.2, 0.25) is 0 Å². The van der Waals surface area contributed by atoms with Crippen molar-refractivity contribution in [2.45, 2.75) is 14.3 Å². The molecule has 4 heteroatoms. The molecule has 0 heterocycles. The van der Waals surface area contributed by atoms with Crippen LogP contribution in [0.5, 0.6) is 0 Å². The normalized spacial score (nSPS) is 10.5. The fourth-order valence-corrected chi connectivity index (χ4v) is 2.77. The molecular formula is C8H10O2STe. The van der Waals surface area contributed by atoms with Gasteiger partial charge in [0.05, 0.1) is 0 Å². The molecule has 66 valence electrons. The van der Waals surface area contributed by atoms with Crippen LogP contribution in [0.4, 0.5) is 0 Å². The summed E-state index contributed by atoms with van der Waals surface area (Å²) in [6.45, 7) is 0. The van der Waals surface area contributed by atoms with E-state index in [4.69, 9.17) is 0 Å². The second-order valence-electron chi connectivity index (χ2n) is 2.36. The number of rotatable bonds is 3. The predicted octanol–water partition coefficient (Wildman–Crippen LogP) is 0.909. The van der Waals surface area contributed by atoms with Crippen LogP contribution in [0.2, 0.25) is 4.97 Å². The van der Waals surface area contributed by atoms with Gasteiger partial charge in [-0.2, -0.15) is 0 Å². The Balaban J connectivity index is 2.85. The van der Waals surface area contributed by atoms with Crippen LogP contribution >= 0.6 is 0 Å². The molecule has 0 aliphatic carbocycles. The zero-order chi connectivity index (χ0) is 8.97. The molecule has 0 saturated heterocycles. The molecule has 2 nitrogen and oxygen atoms in total. The first-order valence-corrected chi connectivity index (χ1v) is 8.62. The van der Waals surface area contributed by atoms with E-state index in [2.05, 4.69) is 4.97 Å². The molecule has 0 saturated carbocycles. The van der Waals surface area contributed by atoms with E-state index >= 15 is 0 Å². The van der Waals surface area contributed by atoms with E-state index in [0.29, 0.717) is 4.90 Å². The van der Waals surface area contributed by atoms with Gasteiger partial charge in [0.25, 0.3) is 0 Å². The molecule has 0 spiro atoms. The van der Waals surface area contributed by atoms with E-state index in [9.17, 15) is 8.42 Å². The molecule has 0 N–H and O–H groups in total. The summed E-state index contributed by atoms with van der Waals surface area (Å²) in [6.07, 6.45) is 0. The molecule has 0 aliphatic rings. The van der Waals surface area contributed by atoms with Crippen LogP contribution in [-0.2, 0) is 15.2 Å². The molecule has 1 rings (SSSR count). The van der Waals surface area contributed by atoms with E-state index < -0.39 is 10.7 Å². The average Bonchev–Trinajstić information content (AvgIpc) is 2.06. The van der Waals surface area contributed by atoms with Crippen LogP contribution in [0.1, 0.15) is 5.56 Å². The monoisotopic (exact) mass is 300 g/mol. The van der Waals surface area contributed by atoms with Gasteiger partial charge in [-0.15, -0.1) is 0 Å². The maximum absolute atomic E-state index is 10.5. The molecule has 0 unspecified atom stereocenters. The van der Waals surface area contributed by atoms with Crippen LogP contribution in [-0.4, -0.2) is 29.3 Å². The van der Waals surface area contributed by atoms with Crippen molar-refractivity contribution in [2.24, 2.45) is 0 Å². The number of hydrogen-bond acceptors (Lipinski definition) is 2. The van der Waals surface area contributed by atoms with Gasteiger partial charge in [-0.3, -0.25) is 0 Å². The van der Waals surface area contributed by atoms with E-state index in [-0.39, 0.29) is 20.9 Å². The average molecular weight is 298 g/mol. The van der Waals surface area contributed by atoms with Crippen LogP contribution in [0.3, 0.4) is 0 Å². The fraction of sp³-hybridized carbons (Fsp3) is 0.250. The quantitative estimate of drug-likeness (QED) is 0.665. The van der Waals surface area contributed by atoms with Gasteiger partial charge in [0.1, 0.15) is 0 Å². The van der Waals surface area contributed by atoms with Crippen molar-refractivity contribution >= 4 is 31.6 Å². The first kappa shape index (κ1) is 10.0. The molecule has 0 atom stereocenters. The summed E-state index contributed by atoms with van der Waals surface area (Å²) >= 11 is 0.100. The van der Waals surface area contributed by atoms with Crippen molar-refractivity contribution in [3.8, 4) is 0 Å². The van der Waals surface area contributed by atoms with Crippen molar-refractivity contribution in [1.29, 1.82) is 0 Å². The Labute approximate surface area is 84.0 Å². The third-order valence-corrected chi connectivity index (χ3v) is 3.95. The molecule has 0 aromatic heterocycles. The first-order chi connectivity index (χ1) is 5.74. The van der Waals surface area contributed by atoms with Gasteiger partial charge in [0, 0.05) is 0 Å². The number of benzene rings is 1. The molecule has 12 heavy (non-hydrogen) atoms. The van der Waals surface area contributed by atoms with Crippen molar-refractivity contribution in [3.05, 3.63) is 29.8 Å². The van der Waals surface area contributed by atoms with Crippen molar-refractivity contribution in [2.75, 3.05) is 0 Å². The van der Waals surface area contributed by atoms with Gasteiger partial charge in [-0.1, -0.05) is 0 Å². The molecule has 1 aromatic rings. The Kier molecular flexibility index (Phi) is 4.07. The van der Waals surface area contributed by atoms with E-state index in [1.165, 1.54) is 5.56 Å². The van der Waals surface area contributed by atoms with Crippen LogP contribution < -0.4 is 0 Å². The second kappa shape index (κ2) is 4.86. The van der Waals surface area contributed by atoms with Crippen LogP contribution in [0, 0.1) is 0 Å². The van der Waals surface area contributed by atoms with Crippen LogP contribution in [0.25, 0.3) is 0 Å². The Morgan fingerprint density at radius 3 is 2.25 bits per heavy atom. The van der Waals surface area contributed by atoms with Gasteiger partial charge < -0.3 is 0 Å². The third-order valence-electron chi connectivity index (χ3n) is 1.46. The minimum absolute atomic E-state index is 0.100. The second-order valence-corrected chi connectivity index (χ2v) is 5.86. The van der Waals surface area contributed by atoms with Gasteiger partial charge in [-0.05, 0) is 0 Å². The molecular weight excluding hydrogens is 288 g/mol. The zero-order valence-corrected chi connectivity index (χ0v) is 9.91. The SMILES string of the molecule is C[Te]Cc1ccc([SH](=O)=O)cc1. The van der Waals surface area contributed by atoms with Crippen molar-refractivity contribution in [1.82, 2.24) is 0 Å². The van der Waals surface area contributed by atoms with Gasteiger partial charge >= 0.3 is 84.2 Å². The summed E-state index contributed by atoms with van der Waals surface area (Å²) in [4.78, 5) is 2.64. The van der Waals surface area contributed by atoms with Crippen LogP contribution in [0.15, 0.2) is 29.2 Å². The number of hydrogen-bond donors (Lipinski definition) is 1. The van der Waals surface area contributed by atoms with Gasteiger partial charge in [-0.25, -0.2) is 0 Å². The fourth-order valence-electron chi connectivity index (χ4n) is 0.881. The Hall–Kier alpha value is -0.0404. The molecule has 1 aromatic carbocycles. The van der Waals surface area contributed by atoms with E-state index in [1.54, 1.807) is 12.1 Å². The maximum atomic E-state index is 10.5. The topological polar surface area (TPSA) is 34.1 Å². The Morgan fingerprint density at radius 2 is 1.83 bits per heavy atom. The Morgan fingerprint density at radius 1 is 1.25 bits per heavy atom. The molecule has 0 bridgehead atoms. The first-order valence-electron chi connectivity index (χ1n) is 3.46. The van der Waals surface area contributed by atoms with E-state index in [1.807, 2.05) is 12.1 Å². The molecule has 0 aliphatic heterocycles. The third kappa shape index (κ3) is 2.78. The zero-order valence-electron chi connectivity index (χ0n) is 6.69. The molecule has 0 fully saturated rings.